The number of nitrogens with one attached hydrogen (secondary N) is 2. The summed E-state index contributed by atoms with van der Waals surface area (Å²) in [5.74, 6) is 3.58. The van der Waals surface area contributed by atoms with Crippen LogP contribution in [0.4, 0.5) is 5.82 Å². The number of H-pyrrole nitrogens is 1. The van der Waals surface area contributed by atoms with Crippen molar-refractivity contribution in [2.45, 2.75) is 26.3 Å². The van der Waals surface area contributed by atoms with E-state index in [9.17, 15) is 0 Å². The molecule has 1 aliphatic rings. The van der Waals surface area contributed by atoms with Gasteiger partial charge in [-0.3, -0.25) is 0 Å². The van der Waals surface area contributed by atoms with Gasteiger partial charge in [-0.25, -0.2) is 9.97 Å². The van der Waals surface area contributed by atoms with E-state index < -0.39 is 0 Å². The Balaban J connectivity index is 1.48. The van der Waals surface area contributed by atoms with Crippen molar-refractivity contribution in [1.82, 2.24) is 29.7 Å². The average Bonchev–Trinajstić information content (AvgIpc) is 3.12. The molecule has 7 nitrogen and oxygen atoms in total. The molecule has 0 radical (unpaired) electrons. The summed E-state index contributed by atoms with van der Waals surface area (Å²) < 4.78 is 2.22. The van der Waals surface area contributed by atoms with E-state index in [-0.39, 0.29) is 0 Å². The summed E-state index contributed by atoms with van der Waals surface area (Å²) in [6.07, 6.45) is 5.60. The Morgan fingerprint density at radius 1 is 1.38 bits per heavy atom. The van der Waals surface area contributed by atoms with E-state index in [2.05, 4.69) is 35.0 Å². The highest BCUT2D eigenvalue weighted by Crippen LogP contribution is 2.22. The Labute approximate surface area is 121 Å². The van der Waals surface area contributed by atoms with E-state index in [1.807, 2.05) is 19.2 Å². The minimum absolute atomic E-state index is 0.566. The molecule has 4 heterocycles. The van der Waals surface area contributed by atoms with E-state index in [4.69, 9.17) is 0 Å². The van der Waals surface area contributed by atoms with E-state index in [0.29, 0.717) is 5.92 Å². The second-order valence-corrected chi connectivity index (χ2v) is 5.52. The van der Waals surface area contributed by atoms with Gasteiger partial charge in [0, 0.05) is 25.7 Å². The van der Waals surface area contributed by atoms with E-state index in [1.54, 1.807) is 6.33 Å². The molecular formula is C14H17N7. The molecule has 0 amide bonds. The van der Waals surface area contributed by atoms with Crippen LogP contribution < -0.4 is 5.32 Å². The van der Waals surface area contributed by atoms with Crippen LogP contribution in [0.15, 0.2) is 18.6 Å². The van der Waals surface area contributed by atoms with Crippen LogP contribution in [0.1, 0.15) is 18.1 Å². The van der Waals surface area contributed by atoms with Crippen LogP contribution >= 0.6 is 0 Å². The van der Waals surface area contributed by atoms with Gasteiger partial charge in [-0.05, 0) is 25.3 Å². The fourth-order valence-electron chi connectivity index (χ4n) is 2.95. The van der Waals surface area contributed by atoms with Crippen LogP contribution in [-0.2, 0) is 13.0 Å². The molecule has 2 N–H and O–H groups in total. The lowest BCUT2D eigenvalue weighted by Gasteiger charge is -2.24. The molecular weight excluding hydrogens is 266 g/mol. The van der Waals surface area contributed by atoms with Gasteiger partial charge in [0.2, 0.25) is 0 Å². The van der Waals surface area contributed by atoms with E-state index in [0.717, 1.165) is 54.4 Å². The number of aromatic amines is 1. The maximum Gasteiger partial charge on any atom is 0.142 e. The molecule has 1 aliphatic heterocycles. The Bertz CT molecular complexity index is 773. The van der Waals surface area contributed by atoms with Crippen molar-refractivity contribution in [2.24, 2.45) is 5.92 Å². The molecule has 0 fully saturated rings. The third kappa shape index (κ3) is 2.14. The summed E-state index contributed by atoms with van der Waals surface area (Å²) >= 11 is 0. The summed E-state index contributed by atoms with van der Waals surface area (Å²) in [6.45, 7) is 3.89. The number of hydrogen-bond donors (Lipinski definition) is 2. The van der Waals surface area contributed by atoms with Gasteiger partial charge in [-0.1, -0.05) is 0 Å². The van der Waals surface area contributed by atoms with Crippen molar-refractivity contribution in [3.05, 3.63) is 30.2 Å². The first-order chi connectivity index (χ1) is 10.3. The molecule has 0 aliphatic carbocycles. The molecule has 21 heavy (non-hydrogen) atoms. The lowest BCUT2D eigenvalue weighted by Crippen LogP contribution is -2.27. The highest BCUT2D eigenvalue weighted by atomic mass is 15.3. The molecule has 4 rings (SSSR count). The minimum Gasteiger partial charge on any atom is -0.369 e. The first-order valence-corrected chi connectivity index (χ1v) is 7.22. The molecule has 0 saturated heterocycles. The van der Waals surface area contributed by atoms with Gasteiger partial charge in [0.25, 0.3) is 0 Å². The van der Waals surface area contributed by atoms with Gasteiger partial charge >= 0.3 is 0 Å². The zero-order valence-electron chi connectivity index (χ0n) is 11.9. The lowest BCUT2D eigenvalue weighted by atomic mass is 9.99. The predicted molar refractivity (Wildman–Crippen MR) is 78.9 cm³/mol. The smallest absolute Gasteiger partial charge is 0.142 e. The zero-order chi connectivity index (χ0) is 14.2. The molecule has 0 unspecified atom stereocenters. The first-order valence-electron chi connectivity index (χ1n) is 7.22. The summed E-state index contributed by atoms with van der Waals surface area (Å²) in [5.41, 5.74) is 0.869. The molecule has 3 aromatic heterocycles. The second kappa shape index (κ2) is 4.83. The number of hydrogen-bond acceptors (Lipinski definition) is 5. The molecule has 0 bridgehead atoms. The Hall–Kier alpha value is -2.44. The number of aromatic nitrogens is 6. The molecule has 1 atom stereocenters. The Morgan fingerprint density at radius 3 is 3.29 bits per heavy atom. The van der Waals surface area contributed by atoms with Crippen molar-refractivity contribution >= 4 is 16.9 Å². The molecule has 0 saturated carbocycles. The Kier molecular flexibility index (Phi) is 2.83. The lowest BCUT2D eigenvalue weighted by molar-refractivity contribution is 0.377. The third-order valence-electron chi connectivity index (χ3n) is 4.14. The zero-order valence-corrected chi connectivity index (χ0v) is 11.9. The summed E-state index contributed by atoms with van der Waals surface area (Å²) in [4.78, 5) is 11.6. The van der Waals surface area contributed by atoms with E-state index in [1.165, 1.54) is 0 Å². The van der Waals surface area contributed by atoms with Gasteiger partial charge in [0.05, 0.1) is 5.39 Å². The van der Waals surface area contributed by atoms with Crippen LogP contribution in [0.3, 0.4) is 0 Å². The number of rotatable bonds is 3. The summed E-state index contributed by atoms with van der Waals surface area (Å²) in [6, 6.07) is 2.00. The van der Waals surface area contributed by atoms with Crippen LogP contribution in [0, 0.1) is 12.8 Å². The number of aryl methyl sites for hydroxylation is 2. The minimum atomic E-state index is 0.566. The van der Waals surface area contributed by atoms with Crippen LogP contribution in [0.25, 0.3) is 11.0 Å². The van der Waals surface area contributed by atoms with Gasteiger partial charge in [0.1, 0.15) is 29.4 Å². The fourth-order valence-corrected chi connectivity index (χ4v) is 2.95. The first kappa shape index (κ1) is 12.3. The number of nitrogens with zero attached hydrogens (tertiary/aromatic N) is 5. The van der Waals surface area contributed by atoms with E-state index >= 15 is 0 Å². The maximum atomic E-state index is 4.34. The number of fused-ring (bicyclic) bond motifs is 2. The highest BCUT2D eigenvalue weighted by Gasteiger charge is 2.21. The maximum absolute atomic E-state index is 4.34. The van der Waals surface area contributed by atoms with Crippen LogP contribution in [0.2, 0.25) is 0 Å². The molecule has 7 heteroatoms. The molecule has 0 aromatic carbocycles. The standard InChI is InChI=1S/C14H17N7/c1-9-19-20-12-3-2-10(7-21(9)12)6-16-14-11-4-5-15-13(11)17-8-18-14/h4-5,8,10H,2-3,6-7H2,1H3,(H2,15,16,17,18)/t10-/m0/s1. The summed E-state index contributed by atoms with van der Waals surface area (Å²) in [5, 5.41) is 12.9. The van der Waals surface area contributed by atoms with Gasteiger partial charge in [-0.2, -0.15) is 0 Å². The molecule has 108 valence electrons. The normalized spacial score (nSPS) is 17.9. The third-order valence-corrected chi connectivity index (χ3v) is 4.14. The second-order valence-electron chi connectivity index (χ2n) is 5.52. The van der Waals surface area contributed by atoms with Crippen LogP contribution in [0.5, 0.6) is 0 Å². The van der Waals surface area contributed by atoms with Crippen molar-refractivity contribution in [1.29, 1.82) is 0 Å². The van der Waals surface area contributed by atoms with Crippen molar-refractivity contribution < 1.29 is 0 Å². The number of anilines is 1. The highest BCUT2D eigenvalue weighted by molar-refractivity contribution is 5.86. The van der Waals surface area contributed by atoms with Crippen LogP contribution in [-0.4, -0.2) is 36.3 Å². The molecule has 3 aromatic rings. The largest absolute Gasteiger partial charge is 0.369 e. The van der Waals surface area contributed by atoms with Gasteiger partial charge in [-0.15, -0.1) is 10.2 Å². The van der Waals surface area contributed by atoms with Gasteiger partial charge < -0.3 is 14.9 Å². The monoisotopic (exact) mass is 283 g/mol. The fraction of sp³-hybridized carbons (Fsp3) is 0.429. The predicted octanol–water partition coefficient (Wildman–Crippen LogP) is 1.53. The SMILES string of the molecule is Cc1nnc2n1C[C@H](CNc1ncnc3[nH]ccc13)CC2. The van der Waals surface area contributed by atoms with Crippen molar-refractivity contribution in [3.8, 4) is 0 Å². The topological polar surface area (TPSA) is 84.3 Å². The quantitative estimate of drug-likeness (QED) is 0.761. The average molecular weight is 283 g/mol. The molecule has 0 spiro atoms. The summed E-state index contributed by atoms with van der Waals surface area (Å²) in [7, 11) is 0. The Morgan fingerprint density at radius 2 is 2.33 bits per heavy atom. The van der Waals surface area contributed by atoms with Crippen molar-refractivity contribution in [3.63, 3.8) is 0 Å². The van der Waals surface area contributed by atoms with Crippen molar-refractivity contribution in [2.75, 3.05) is 11.9 Å². The van der Waals surface area contributed by atoms with Gasteiger partial charge in [0.15, 0.2) is 0 Å².